The quantitative estimate of drug-likeness (QED) is 0.285. The summed E-state index contributed by atoms with van der Waals surface area (Å²) in [5.74, 6) is 0.773. The molecule has 1 fully saturated rings. The Balaban J connectivity index is 1.22. The highest BCUT2D eigenvalue weighted by Crippen LogP contribution is 2.45. The van der Waals surface area contributed by atoms with E-state index >= 15 is 0 Å². The Hall–Kier alpha value is -5.31. The number of nitrogens with one attached hydrogen (secondary N) is 2. The average Bonchev–Trinajstić information content (AvgIpc) is 3.72. The topological polar surface area (TPSA) is 108 Å². The van der Waals surface area contributed by atoms with Crippen LogP contribution in [-0.4, -0.2) is 40.9 Å². The predicted octanol–water partition coefficient (Wildman–Crippen LogP) is 5.18. The van der Waals surface area contributed by atoms with Crippen molar-refractivity contribution in [1.82, 2.24) is 15.2 Å². The van der Waals surface area contributed by atoms with Gasteiger partial charge in [0.25, 0.3) is 11.8 Å². The SMILES string of the molecule is COc1ccc([C@@H]2c3[nH]c4ccccc4c3C[C@H]3C(=O)N(c4ccc(C(=O)NCc5ccco5)cc4)C(=O)N23)cc1. The number of urea groups is 1. The van der Waals surface area contributed by atoms with E-state index in [9.17, 15) is 14.4 Å². The summed E-state index contributed by atoms with van der Waals surface area (Å²) in [6.45, 7) is 0.259. The highest BCUT2D eigenvalue weighted by molar-refractivity contribution is 6.22. The Labute approximate surface area is 235 Å². The molecule has 0 bridgehead atoms. The fraction of sp³-hybridized carbons (Fsp3) is 0.156. The number of benzene rings is 3. The first-order chi connectivity index (χ1) is 20.0. The zero-order valence-corrected chi connectivity index (χ0v) is 22.2. The van der Waals surface area contributed by atoms with Crippen LogP contribution in [0.4, 0.5) is 10.5 Å². The smallest absolute Gasteiger partial charge is 0.332 e. The molecular weight excluding hydrogens is 520 g/mol. The van der Waals surface area contributed by atoms with Crippen LogP contribution >= 0.6 is 0 Å². The van der Waals surface area contributed by atoms with Crippen molar-refractivity contribution in [2.45, 2.75) is 25.0 Å². The third-order valence-corrected chi connectivity index (χ3v) is 7.87. The molecule has 204 valence electrons. The fourth-order valence-electron chi connectivity index (χ4n) is 5.89. The van der Waals surface area contributed by atoms with E-state index in [1.165, 1.54) is 4.90 Å². The number of hydrogen-bond acceptors (Lipinski definition) is 5. The molecule has 0 unspecified atom stereocenters. The molecule has 2 aromatic heterocycles. The minimum Gasteiger partial charge on any atom is -0.497 e. The second kappa shape index (κ2) is 9.71. The molecule has 0 spiro atoms. The van der Waals surface area contributed by atoms with Gasteiger partial charge in [-0.1, -0.05) is 30.3 Å². The monoisotopic (exact) mass is 546 g/mol. The van der Waals surface area contributed by atoms with Crippen molar-refractivity contribution in [3.63, 3.8) is 0 Å². The number of amides is 4. The highest BCUT2D eigenvalue weighted by atomic mass is 16.5. The van der Waals surface area contributed by atoms with Gasteiger partial charge in [0, 0.05) is 28.6 Å². The molecule has 5 aromatic rings. The molecule has 4 amide bonds. The Morgan fingerprint density at radius 3 is 2.51 bits per heavy atom. The molecule has 0 radical (unpaired) electrons. The van der Waals surface area contributed by atoms with Gasteiger partial charge in [-0.3, -0.25) is 14.5 Å². The maximum Gasteiger partial charge on any atom is 0.332 e. The van der Waals surface area contributed by atoms with Gasteiger partial charge < -0.3 is 19.5 Å². The number of carbonyl (C=O) groups is 3. The number of para-hydroxylation sites is 1. The standard InChI is InChI=1S/C32H26N4O5/c1-40-22-14-10-19(11-15-22)29-28-25(24-6-2-3-7-26(24)34-28)17-27-31(38)35(32(39)36(27)29)21-12-8-20(9-13-21)30(37)33-18-23-5-4-16-41-23/h2-16,27,29,34H,17-18H2,1H3,(H,33,37)/t27-,29+/m0/s1. The molecule has 41 heavy (non-hydrogen) atoms. The Morgan fingerprint density at radius 2 is 1.78 bits per heavy atom. The minimum atomic E-state index is -0.669. The number of H-pyrrole nitrogens is 1. The zero-order valence-electron chi connectivity index (χ0n) is 22.2. The molecule has 0 saturated carbocycles. The molecule has 1 saturated heterocycles. The van der Waals surface area contributed by atoms with Crippen LogP contribution in [0.25, 0.3) is 10.9 Å². The maximum atomic E-state index is 14.0. The summed E-state index contributed by atoms with van der Waals surface area (Å²) in [5, 5.41) is 3.85. The first-order valence-corrected chi connectivity index (χ1v) is 13.3. The Kier molecular flexibility index (Phi) is 5.85. The number of imide groups is 1. The van der Waals surface area contributed by atoms with E-state index in [2.05, 4.69) is 10.3 Å². The molecule has 2 aliphatic heterocycles. The number of ether oxygens (including phenoxy) is 1. The Bertz CT molecular complexity index is 1770. The van der Waals surface area contributed by atoms with Gasteiger partial charge in [-0.25, -0.2) is 9.69 Å². The lowest BCUT2D eigenvalue weighted by molar-refractivity contribution is -0.120. The van der Waals surface area contributed by atoms with E-state index in [0.29, 0.717) is 29.2 Å². The summed E-state index contributed by atoms with van der Waals surface area (Å²) in [6, 6.07) is 24.0. The maximum absolute atomic E-state index is 14.0. The van der Waals surface area contributed by atoms with Gasteiger partial charge in [0.05, 0.1) is 25.6 Å². The second-order valence-corrected chi connectivity index (χ2v) is 10.1. The molecule has 9 nitrogen and oxygen atoms in total. The number of nitrogens with zero attached hydrogens (tertiary/aromatic N) is 2. The molecule has 2 aliphatic rings. The number of hydrogen-bond donors (Lipinski definition) is 2. The second-order valence-electron chi connectivity index (χ2n) is 10.1. The van der Waals surface area contributed by atoms with Crippen molar-refractivity contribution in [2.24, 2.45) is 0 Å². The van der Waals surface area contributed by atoms with E-state index in [1.807, 2.05) is 48.5 Å². The zero-order chi connectivity index (χ0) is 28.1. The van der Waals surface area contributed by atoms with Crippen LogP contribution in [0.5, 0.6) is 5.75 Å². The third kappa shape index (κ3) is 4.05. The number of carbonyl (C=O) groups excluding carboxylic acids is 3. The van der Waals surface area contributed by atoms with Gasteiger partial charge >= 0.3 is 6.03 Å². The highest BCUT2D eigenvalue weighted by Gasteiger charge is 2.53. The van der Waals surface area contributed by atoms with E-state index in [0.717, 1.165) is 27.7 Å². The van der Waals surface area contributed by atoms with Gasteiger partial charge in [0.2, 0.25) is 0 Å². The first-order valence-electron chi connectivity index (χ1n) is 13.3. The summed E-state index contributed by atoms with van der Waals surface area (Å²) >= 11 is 0. The van der Waals surface area contributed by atoms with Crippen molar-refractivity contribution in [1.29, 1.82) is 0 Å². The molecule has 2 atom stereocenters. The van der Waals surface area contributed by atoms with Gasteiger partial charge in [-0.2, -0.15) is 0 Å². The van der Waals surface area contributed by atoms with E-state index in [1.54, 1.807) is 54.7 Å². The molecule has 9 heteroatoms. The summed E-state index contributed by atoms with van der Waals surface area (Å²) in [6.07, 6.45) is 1.95. The lowest BCUT2D eigenvalue weighted by Gasteiger charge is -2.36. The fourth-order valence-corrected chi connectivity index (χ4v) is 5.89. The summed E-state index contributed by atoms with van der Waals surface area (Å²) in [4.78, 5) is 47.0. The van der Waals surface area contributed by atoms with Crippen LogP contribution in [0.2, 0.25) is 0 Å². The average molecular weight is 547 g/mol. The molecule has 2 N–H and O–H groups in total. The predicted molar refractivity (Wildman–Crippen MR) is 152 cm³/mol. The van der Waals surface area contributed by atoms with Crippen molar-refractivity contribution in [3.05, 3.63) is 119 Å². The van der Waals surface area contributed by atoms with Crippen molar-refractivity contribution in [3.8, 4) is 5.75 Å². The third-order valence-electron chi connectivity index (χ3n) is 7.87. The first kappa shape index (κ1) is 24.7. The van der Waals surface area contributed by atoms with Crippen LogP contribution in [0.1, 0.15) is 39.0 Å². The van der Waals surface area contributed by atoms with Crippen molar-refractivity contribution in [2.75, 3.05) is 12.0 Å². The number of furan rings is 1. The number of fused-ring (bicyclic) bond motifs is 4. The number of aromatic amines is 1. The largest absolute Gasteiger partial charge is 0.497 e. The normalized spacial score (nSPS) is 18.0. The van der Waals surface area contributed by atoms with Gasteiger partial charge in [-0.15, -0.1) is 0 Å². The van der Waals surface area contributed by atoms with Gasteiger partial charge in [0.15, 0.2) is 0 Å². The van der Waals surface area contributed by atoms with Crippen LogP contribution in [0.15, 0.2) is 95.6 Å². The van der Waals surface area contributed by atoms with Crippen molar-refractivity contribution < 1.29 is 23.5 Å². The molecule has 7 rings (SSSR count). The van der Waals surface area contributed by atoms with Crippen molar-refractivity contribution >= 4 is 34.4 Å². The molecule has 3 aromatic carbocycles. The van der Waals surface area contributed by atoms with Gasteiger partial charge in [0.1, 0.15) is 23.6 Å². The van der Waals surface area contributed by atoms with Crippen LogP contribution < -0.4 is 15.0 Å². The summed E-state index contributed by atoms with van der Waals surface area (Å²) in [7, 11) is 1.61. The van der Waals surface area contributed by atoms with Crippen LogP contribution in [0, 0.1) is 0 Å². The molecular formula is C32H26N4O5. The van der Waals surface area contributed by atoms with Crippen LogP contribution in [0.3, 0.4) is 0 Å². The summed E-state index contributed by atoms with van der Waals surface area (Å²) in [5.41, 5.74) is 4.60. The Morgan fingerprint density at radius 1 is 1.00 bits per heavy atom. The van der Waals surface area contributed by atoms with Gasteiger partial charge in [-0.05, 0) is 65.7 Å². The van der Waals surface area contributed by atoms with E-state index in [4.69, 9.17) is 9.15 Å². The van der Waals surface area contributed by atoms with E-state index < -0.39 is 18.1 Å². The number of rotatable bonds is 6. The number of anilines is 1. The number of aromatic nitrogens is 1. The lowest BCUT2D eigenvalue weighted by atomic mass is 9.89. The minimum absolute atomic E-state index is 0.259. The molecule has 4 heterocycles. The van der Waals surface area contributed by atoms with E-state index in [-0.39, 0.29) is 18.4 Å². The number of methoxy groups -OCH3 is 1. The lowest BCUT2D eigenvalue weighted by Crippen LogP contribution is -2.44. The summed E-state index contributed by atoms with van der Waals surface area (Å²) < 4.78 is 10.6. The molecule has 0 aliphatic carbocycles. The van der Waals surface area contributed by atoms with Crippen LogP contribution in [-0.2, 0) is 17.8 Å².